The van der Waals surface area contributed by atoms with E-state index in [-0.39, 0.29) is 5.91 Å². The number of benzene rings is 1. The molecule has 1 N–H and O–H groups in total. The van der Waals surface area contributed by atoms with Gasteiger partial charge < -0.3 is 5.32 Å². The second-order valence-electron chi connectivity index (χ2n) is 5.22. The average Bonchev–Trinajstić information content (AvgIpc) is 3.21. The number of amides is 3. The van der Waals surface area contributed by atoms with Crippen LogP contribution in [0.25, 0.3) is 11.3 Å². The van der Waals surface area contributed by atoms with E-state index in [1.807, 2.05) is 47.8 Å². The van der Waals surface area contributed by atoms with Crippen molar-refractivity contribution in [1.82, 2.24) is 15.3 Å². The number of hydrogen-bond donors (Lipinski definition) is 1. The maximum absolute atomic E-state index is 12.7. The van der Waals surface area contributed by atoms with Gasteiger partial charge in [-0.2, -0.15) is 0 Å². The van der Waals surface area contributed by atoms with Gasteiger partial charge in [0.05, 0.1) is 5.69 Å². The van der Waals surface area contributed by atoms with E-state index in [1.54, 1.807) is 12.4 Å². The molecule has 4 rings (SSSR count). The van der Waals surface area contributed by atoms with Gasteiger partial charge in [0.2, 0.25) is 5.13 Å². The number of nitrogens with zero attached hydrogens (tertiary/aromatic N) is 3. The second kappa shape index (κ2) is 5.86. The molecule has 2 aromatic heterocycles. The minimum absolute atomic E-state index is 0.318. The summed E-state index contributed by atoms with van der Waals surface area (Å²) in [4.78, 5) is 34.4. The Morgan fingerprint density at radius 3 is 2.54 bits per heavy atom. The van der Waals surface area contributed by atoms with Crippen molar-refractivity contribution < 1.29 is 9.59 Å². The van der Waals surface area contributed by atoms with Gasteiger partial charge in [0.1, 0.15) is 6.04 Å². The molecule has 1 aliphatic heterocycles. The van der Waals surface area contributed by atoms with Crippen LogP contribution in [0.15, 0.2) is 60.2 Å². The Labute approximate surface area is 141 Å². The van der Waals surface area contributed by atoms with Crippen molar-refractivity contribution in [2.75, 3.05) is 4.90 Å². The number of imide groups is 1. The van der Waals surface area contributed by atoms with E-state index in [4.69, 9.17) is 0 Å². The number of rotatable bonds is 3. The lowest BCUT2D eigenvalue weighted by Gasteiger charge is -2.09. The third-order valence-corrected chi connectivity index (χ3v) is 4.56. The van der Waals surface area contributed by atoms with Crippen molar-refractivity contribution >= 4 is 28.4 Å². The molecule has 0 saturated carbocycles. The summed E-state index contributed by atoms with van der Waals surface area (Å²) in [6.45, 7) is 0. The predicted molar refractivity (Wildman–Crippen MR) is 90.5 cm³/mol. The maximum Gasteiger partial charge on any atom is 0.331 e. The molecule has 0 radical (unpaired) electrons. The Morgan fingerprint density at radius 1 is 1.04 bits per heavy atom. The van der Waals surface area contributed by atoms with Gasteiger partial charge in [-0.1, -0.05) is 30.3 Å². The smallest absolute Gasteiger partial charge is 0.321 e. The number of aromatic nitrogens is 2. The first kappa shape index (κ1) is 14.5. The SMILES string of the molecule is O=C1NC(c2ccccc2)C(=O)N1c1nc(-c2ccncc2)cs1. The van der Waals surface area contributed by atoms with E-state index in [1.165, 1.54) is 11.3 Å². The van der Waals surface area contributed by atoms with E-state index in [0.717, 1.165) is 16.0 Å². The molecule has 1 unspecified atom stereocenters. The van der Waals surface area contributed by atoms with E-state index >= 15 is 0 Å². The normalized spacial score (nSPS) is 17.2. The lowest BCUT2D eigenvalue weighted by atomic mass is 10.1. The Balaban J connectivity index is 1.64. The predicted octanol–water partition coefficient (Wildman–Crippen LogP) is 3.00. The van der Waals surface area contributed by atoms with Crippen LogP contribution in [0.1, 0.15) is 11.6 Å². The first-order valence-corrected chi connectivity index (χ1v) is 8.17. The number of pyridine rings is 1. The van der Waals surface area contributed by atoms with E-state index in [9.17, 15) is 9.59 Å². The first-order chi connectivity index (χ1) is 11.7. The van der Waals surface area contributed by atoms with Crippen LogP contribution in [-0.2, 0) is 4.79 Å². The molecular formula is C17H12N4O2S. The van der Waals surface area contributed by atoms with Gasteiger partial charge in [-0.25, -0.2) is 14.7 Å². The number of thiazole rings is 1. The molecule has 1 atom stereocenters. The van der Waals surface area contributed by atoms with Gasteiger partial charge in [-0.05, 0) is 17.7 Å². The molecule has 1 aromatic carbocycles. The van der Waals surface area contributed by atoms with Crippen molar-refractivity contribution in [3.63, 3.8) is 0 Å². The molecule has 1 saturated heterocycles. The lowest BCUT2D eigenvalue weighted by Crippen LogP contribution is -2.30. The quantitative estimate of drug-likeness (QED) is 0.746. The molecule has 118 valence electrons. The highest BCUT2D eigenvalue weighted by Gasteiger charge is 2.41. The summed E-state index contributed by atoms with van der Waals surface area (Å²) in [6.07, 6.45) is 3.35. The Bertz CT molecular complexity index is 895. The van der Waals surface area contributed by atoms with Crippen molar-refractivity contribution in [2.24, 2.45) is 0 Å². The molecule has 3 heterocycles. The topological polar surface area (TPSA) is 75.2 Å². The van der Waals surface area contributed by atoms with Crippen molar-refractivity contribution in [1.29, 1.82) is 0 Å². The zero-order valence-electron chi connectivity index (χ0n) is 12.4. The van der Waals surface area contributed by atoms with Gasteiger partial charge in [0.15, 0.2) is 0 Å². The van der Waals surface area contributed by atoms with E-state index < -0.39 is 12.1 Å². The zero-order chi connectivity index (χ0) is 16.5. The molecule has 24 heavy (non-hydrogen) atoms. The van der Waals surface area contributed by atoms with Crippen molar-refractivity contribution in [2.45, 2.75) is 6.04 Å². The fourth-order valence-corrected chi connectivity index (χ4v) is 3.39. The van der Waals surface area contributed by atoms with Crippen LogP contribution in [0, 0.1) is 0 Å². The molecule has 0 spiro atoms. The number of nitrogens with one attached hydrogen (secondary N) is 1. The summed E-state index contributed by atoms with van der Waals surface area (Å²) in [5.41, 5.74) is 2.35. The summed E-state index contributed by atoms with van der Waals surface area (Å²) in [5, 5.41) is 4.90. The highest BCUT2D eigenvalue weighted by atomic mass is 32.1. The van der Waals surface area contributed by atoms with Crippen LogP contribution in [0.5, 0.6) is 0 Å². The molecule has 7 heteroatoms. The fraction of sp³-hybridized carbons (Fsp3) is 0.0588. The van der Waals surface area contributed by atoms with Crippen LogP contribution >= 0.6 is 11.3 Å². The maximum atomic E-state index is 12.7. The number of urea groups is 1. The summed E-state index contributed by atoms with van der Waals surface area (Å²) >= 11 is 1.26. The van der Waals surface area contributed by atoms with E-state index in [0.29, 0.717) is 10.8 Å². The lowest BCUT2D eigenvalue weighted by molar-refractivity contribution is -0.118. The number of carbonyl (C=O) groups excluding carboxylic acids is 2. The van der Waals surface area contributed by atoms with E-state index in [2.05, 4.69) is 15.3 Å². The Morgan fingerprint density at radius 2 is 1.79 bits per heavy atom. The highest BCUT2D eigenvalue weighted by Crippen LogP contribution is 2.32. The minimum atomic E-state index is -0.674. The highest BCUT2D eigenvalue weighted by molar-refractivity contribution is 7.14. The molecular weight excluding hydrogens is 324 g/mol. The molecule has 0 aliphatic carbocycles. The summed E-state index contributed by atoms with van der Waals surface area (Å²) in [5.74, 6) is -0.318. The Hall–Kier alpha value is -3.06. The van der Waals surface area contributed by atoms with Crippen LogP contribution in [0.4, 0.5) is 9.93 Å². The molecule has 3 amide bonds. The minimum Gasteiger partial charge on any atom is -0.321 e. The van der Waals surface area contributed by atoms with Gasteiger partial charge in [-0.15, -0.1) is 11.3 Å². The fourth-order valence-electron chi connectivity index (χ4n) is 2.55. The van der Waals surface area contributed by atoms with Gasteiger partial charge in [-0.3, -0.25) is 9.78 Å². The summed E-state index contributed by atoms with van der Waals surface area (Å²) in [6, 6.07) is 11.7. The van der Waals surface area contributed by atoms with Gasteiger partial charge in [0.25, 0.3) is 5.91 Å². The molecule has 3 aromatic rings. The van der Waals surface area contributed by atoms with Gasteiger partial charge >= 0.3 is 6.03 Å². The summed E-state index contributed by atoms with van der Waals surface area (Å²) in [7, 11) is 0. The molecule has 1 aliphatic rings. The monoisotopic (exact) mass is 336 g/mol. The molecule has 1 fully saturated rings. The average molecular weight is 336 g/mol. The standard InChI is InChI=1S/C17H12N4O2S/c22-15-14(12-4-2-1-3-5-12)20-16(23)21(15)17-19-13(10-24-17)11-6-8-18-9-7-11/h1-10,14H,(H,20,23). The van der Waals surface area contributed by atoms with Crippen LogP contribution in [0.3, 0.4) is 0 Å². The van der Waals surface area contributed by atoms with Crippen molar-refractivity contribution in [3.8, 4) is 11.3 Å². The molecule has 6 nitrogen and oxygen atoms in total. The van der Waals surface area contributed by atoms with Gasteiger partial charge in [0, 0.05) is 23.3 Å². The third-order valence-electron chi connectivity index (χ3n) is 3.73. The summed E-state index contributed by atoms with van der Waals surface area (Å²) < 4.78 is 0. The van der Waals surface area contributed by atoms with Crippen molar-refractivity contribution in [3.05, 3.63) is 65.8 Å². The van der Waals surface area contributed by atoms with Crippen LogP contribution in [0.2, 0.25) is 0 Å². The Kier molecular flexibility index (Phi) is 3.55. The van der Waals surface area contributed by atoms with Crippen LogP contribution < -0.4 is 10.2 Å². The largest absolute Gasteiger partial charge is 0.331 e. The number of carbonyl (C=O) groups is 2. The third kappa shape index (κ3) is 2.44. The first-order valence-electron chi connectivity index (χ1n) is 7.29. The molecule has 0 bridgehead atoms. The number of anilines is 1. The zero-order valence-corrected chi connectivity index (χ0v) is 13.2. The number of hydrogen-bond acceptors (Lipinski definition) is 5. The second-order valence-corrected chi connectivity index (χ2v) is 6.05. The van der Waals surface area contributed by atoms with Crippen LogP contribution in [-0.4, -0.2) is 21.9 Å².